The monoisotopic (exact) mass is 1800 g/mol. The van der Waals surface area contributed by atoms with E-state index in [9.17, 15) is 162 Å². The molecule has 0 aromatic rings. The summed E-state index contributed by atoms with van der Waals surface area (Å²) in [5.74, 6) is -3.77. The number of nitrogens with one attached hydrogen (secondary N) is 4. The molecule has 55 heteroatoms. The van der Waals surface area contributed by atoms with Crippen LogP contribution in [0.1, 0.15) is 27.7 Å². The Hall–Kier alpha value is -4.00. The lowest BCUT2D eigenvalue weighted by Gasteiger charge is -2.51. The SMILES string of the molecule is CC(=O)N[C@H]1[C@H](O[C@H]2[C@@H](O)[C@@H](CO)O[C@@H](O[C@H]3[C@H](O)[C@@H](NC(C)=O)[C@H](OC[C@H]4O[C@@H](O[C@H]5[C@H](O)[C@@H](O)C(O)O[C@@H]5CO)[C@H](O)[C@@H](O[C@@H]5O[C@H](CO)[C@@H](O[C@@H]6O[C@H](CO)[C@H](O)[C@H](O[C@@H]7O[C@H](CO)[C@@H](O)[C@H](O[C@@H]8O[C@H](CO)[C@H](O)[C@H](O)[C@H]8O)[C@H]7NC(C)=O)[C@H]6O)[C@H](O)[C@H]5NC(C)=O)[C@H]4O)O[C@@H]3CO)[C@@H]2O)O[C@H](CO)[C@@H](O[C@@H]2O[C@H](CO)[C@H](O)[C@H](O)[C@H]2O)[C@@H]1O. The molecular formula is C68H114N4O51. The Morgan fingerprint density at radius 2 is 0.439 bits per heavy atom. The van der Waals surface area contributed by atoms with Gasteiger partial charge in [-0.3, -0.25) is 19.2 Å². The van der Waals surface area contributed by atoms with Crippen molar-refractivity contribution in [2.45, 2.75) is 335 Å². The summed E-state index contributed by atoms with van der Waals surface area (Å²) >= 11 is 0. The molecule has 4 amide bonds. The van der Waals surface area contributed by atoms with Crippen molar-refractivity contribution < 1.29 is 252 Å². The van der Waals surface area contributed by atoms with Crippen molar-refractivity contribution in [1.29, 1.82) is 0 Å². The van der Waals surface area contributed by atoms with Gasteiger partial charge in [0.15, 0.2) is 62.9 Å². The fourth-order valence-electron chi connectivity index (χ4n) is 16.0. The Kier molecular flexibility index (Phi) is 36.4. The highest BCUT2D eigenvalue weighted by Gasteiger charge is 2.62. The van der Waals surface area contributed by atoms with Crippen LogP contribution in [0.15, 0.2) is 0 Å². The van der Waals surface area contributed by atoms with E-state index < -0.39 is 397 Å². The first kappa shape index (κ1) is 101. The molecule has 32 N–H and O–H groups in total. The van der Waals surface area contributed by atoms with E-state index in [0.29, 0.717) is 0 Å². The third-order valence-electron chi connectivity index (χ3n) is 22.5. The van der Waals surface area contributed by atoms with Crippen LogP contribution in [-0.4, -0.2) is 539 Å². The smallest absolute Gasteiger partial charge is 0.217 e. The van der Waals surface area contributed by atoms with Gasteiger partial charge in [0.25, 0.3) is 0 Å². The molecule has 123 heavy (non-hydrogen) atoms. The summed E-state index contributed by atoms with van der Waals surface area (Å²) in [7, 11) is 0. The quantitative estimate of drug-likeness (QED) is 0.0297. The zero-order valence-electron chi connectivity index (χ0n) is 65.9. The van der Waals surface area contributed by atoms with Gasteiger partial charge < -0.3 is 254 Å². The van der Waals surface area contributed by atoms with Crippen LogP contribution in [0.25, 0.3) is 0 Å². The molecule has 10 aliphatic rings. The average Bonchev–Trinajstić information content (AvgIpc) is 0.781. The van der Waals surface area contributed by atoms with Gasteiger partial charge in [-0.1, -0.05) is 0 Å². The van der Waals surface area contributed by atoms with Crippen molar-refractivity contribution in [2.75, 3.05) is 66.1 Å². The van der Waals surface area contributed by atoms with E-state index in [0.717, 1.165) is 27.7 Å². The Bertz CT molecular complexity index is 3310. The van der Waals surface area contributed by atoms with E-state index in [1.165, 1.54) is 0 Å². The van der Waals surface area contributed by atoms with Crippen molar-refractivity contribution in [3.8, 4) is 0 Å². The van der Waals surface area contributed by atoms with Gasteiger partial charge in [0.1, 0.15) is 244 Å². The maximum Gasteiger partial charge on any atom is 0.217 e. The molecule has 0 aromatic heterocycles. The van der Waals surface area contributed by atoms with E-state index >= 15 is 0 Å². The van der Waals surface area contributed by atoms with Gasteiger partial charge in [0.05, 0.1) is 66.1 Å². The van der Waals surface area contributed by atoms with Crippen LogP contribution in [0.2, 0.25) is 0 Å². The highest BCUT2D eigenvalue weighted by Crippen LogP contribution is 2.41. The number of hydrogen-bond donors (Lipinski definition) is 32. The van der Waals surface area contributed by atoms with Crippen LogP contribution in [0.3, 0.4) is 0 Å². The van der Waals surface area contributed by atoms with Crippen LogP contribution in [0.5, 0.6) is 0 Å². The van der Waals surface area contributed by atoms with Gasteiger partial charge in [-0.25, -0.2) is 0 Å². The third kappa shape index (κ3) is 22.3. The molecule has 1 unspecified atom stereocenters. The first-order valence-corrected chi connectivity index (χ1v) is 39.1. The average molecular weight is 1800 g/mol. The third-order valence-corrected chi connectivity index (χ3v) is 22.5. The minimum atomic E-state index is -2.45. The minimum Gasteiger partial charge on any atom is -0.394 e. The number of carbonyl (C=O) groups is 4. The maximum absolute atomic E-state index is 13.2. The Labute approximate surface area is 695 Å². The number of hydrogen-bond acceptors (Lipinski definition) is 51. The van der Waals surface area contributed by atoms with Gasteiger partial charge in [-0.05, 0) is 0 Å². The lowest BCUT2D eigenvalue weighted by atomic mass is 9.93. The molecule has 55 nitrogen and oxygen atoms in total. The first-order chi connectivity index (χ1) is 58.2. The van der Waals surface area contributed by atoms with Gasteiger partial charge >= 0.3 is 0 Å². The normalized spacial score (nSPS) is 49.4. The highest BCUT2D eigenvalue weighted by atomic mass is 16.8. The van der Waals surface area contributed by atoms with Crippen LogP contribution in [-0.2, 0) is 109 Å². The van der Waals surface area contributed by atoms with Crippen LogP contribution in [0.4, 0.5) is 0 Å². The number of carbonyl (C=O) groups excluding carboxylic acids is 4. The number of amides is 4. The van der Waals surface area contributed by atoms with Gasteiger partial charge in [-0.2, -0.15) is 0 Å². The lowest BCUT2D eigenvalue weighted by molar-refractivity contribution is -0.389. The zero-order chi connectivity index (χ0) is 90.5. The van der Waals surface area contributed by atoms with Crippen LogP contribution >= 0.6 is 0 Å². The lowest BCUT2D eigenvalue weighted by Crippen LogP contribution is -2.71. The molecule has 0 bridgehead atoms. The predicted octanol–water partition coefficient (Wildman–Crippen LogP) is -22.2. The second-order valence-electron chi connectivity index (χ2n) is 31.0. The Morgan fingerprint density at radius 1 is 0.211 bits per heavy atom. The molecule has 50 atom stereocenters. The molecule has 0 radical (unpaired) electrons. The number of rotatable bonds is 32. The van der Waals surface area contributed by atoms with E-state index in [2.05, 4.69) is 21.3 Å². The summed E-state index contributed by atoms with van der Waals surface area (Å²) in [4.78, 5) is 51.8. The Balaban J connectivity index is 0.876. The topological polar surface area (TPSA) is 858 Å². The molecule has 0 aromatic carbocycles. The Morgan fingerprint density at radius 3 is 0.772 bits per heavy atom. The van der Waals surface area contributed by atoms with E-state index in [1.807, 2.05) is 0 Å². The van der Waals surface area contributed by atoms with Crippen molar-refractivity contribution >= 4 is 23.6 Å². The molecule has 712 valence electrons. The molecule has 0 spiro atoms. The molecule has 10 fully saturated rings. The summed E-state index contributed by atoms with van der Waals surface area (Å²) in [5, 5.41) is 319. The summed E-state index contributed by atoms with van der Waals surface area (Å²) in [6, 6.07) is -7.63. The highest BCUT2D eigenvalue weighted by molar-refractivity contribution is 5.74. The molecule has 10 heterocycles. The van der Waals surface area contributed by atoms with Crippen molar-refractivity contribution in [1.82, 2.24) is 21.3 Å². The van der Waals surface area contributed by atoms with Gasteiger partial charge in [0, 0.05) is 27.7 Å². The van der Waals surface area contributed by atoms with Crippen molar-refractivity contribution in [3.05, 3.63) is 0 Å². The second-order valence-corrected chi connectivity index (χ2v) is 31.0. The number of ether oxygens (including phenoxy) is 19. The summed E-state index contributed by atoms with van der Waals surface area (Å²) in [5.41, 5.74) is 0. The predicted molar refractivity (Wildman–Crippen MR) is 376 cm³/mol. The summed E-state index contributed by atoms with van der Waals surface area (Å²) in [6.07, 6.45) is -94.7. The minimum absolute atomic E-state index is 0.892. The van der Waals surface area contributed by atoms with Crippen molar-refractivity contribution in [2.24, 2.45) is 0 Å². The first-order valence-electron chi connectivity index (χ1n) is 39.1. The van der Waals surface area contributed by atoms with Crippen LogP contribution < -0.4 is 21.3 Å². The standard InChI is InChI=1S/C68H114N4O51/c1-15(82)69-29-39(92)51(117-66-48(101)56(36(89)22(8-76)110-66)121-61-30(70-16(2)83)40(93)52(26(12-80)113-61)116-64-46(99)42(95)33(86)19(5-73)108-64)25(11-79)112-60(29)105-14-28-38(91)58(50(103)68(115-28)119-54-24(10-78)106-59(104)45(98)44(54)97)122-62-31(71-17(3)84)41(94)53(27(13-81)114-62)118-67-49(102)57(37(90)23(9-77)111-67)123-63-32(72-18(4)85)55(35(88)21(7-75)107-63)120-65-47(100)43(96)34(87)20(6-74)109-65/h19-68,73-81,86-104H,5-14H2,1-4H3,(H,69,82)(H,70,83)(H,71,84)(H,72,85)/t19-,20-,21-,22-,23-,24-,25-,26-,27-,28-,29-,30-,31-,32-,33+,34+,35-,36+,37+,38+,39-,40-,41-,42+,43+,44-,45-,46-,47-,48-,49-,50-,51-,52-,53-,54-,55-,56+,57+,58+,59?,60-,61+,62+,63+,64+,65+,66+,67+,68+/m1/s1. The fraction of sp³-hybridized carbons (Fsp3) is 0.941. The van der Waals surface area contributed by atoms with E-state index in [1.54, 1.807) is 0 Å². The molecule has 10 saturated heterocycles. The second kappa shape index (κ2) is 44.3. The summed E-state index contributed by atoms with van der Waals surface area (Å²) < 4.78 is 111. The van der Waals surface area contributed by atoms with Crippen LogP contribution in [0, 0.1) is 0 Å². The molecule has 10 rings (SSSR count). The van der Waals surface area contributed by atoms with E-state index in [-0.39, 0.29) is 0 Å². The van der Waals surface area contributed by atoms with Gasteiger partial charge in [0.2, 0.25) is 23.6 Å². The zero-order valence-corrected chi connectivity index (χ0v) is 65.9. The van der Waals surface area contributed by atoms with Crippen molar-refractivity contribution in [3.63, 3.8) is 0 Å². The molecule has 10 aliphatic heterocycles. The van der Waals surface area contributed by atoms with Gasteiger partial charge in [-0.15, -0.1) is 0 Å². The number of aliphatic hydroxyl groups is 28. The molecule has 0 aliphatic carbocycles. The van der Waals surface area contributed by atoms with E-state index in [4.69, 9.17) is 90.0 Å². The maximum atomic E-state index is 13.2. The largest absolute Gasteiger partial charge is 0.394 e. The molecule has 0 saturated carbocycles. The number of aliphatic hydroxyl groups excluding tert-OH is 28. The summed E-state index contributed by atoms with van der Waals surface area (Å²) in [6.45, 7) is -7.12. The molecular weight excluding hydrogens is 1690 g/mol. The fourth-order valence-corrected chi connectivity index (χ4v) is 16.0.